The van der Waals surface area contributed by atoms with Gasteiger partial charge in [0.15, 0.2) is 0 Å². The quantitative estimate of drug-likeness (QED) is 0.737. The van der Waals surface area contributed by atoms with Gasteiger partial charge in [-0.15, -0.1) is 0 Å². The number of anilines is 1. The molecule has 0 amide bonds. The molecule has 112 valence electrons. The number of aliphatic hydroxyl groups excluding tert-OH is 1. The molecule has 0 heterocycles. The molecular formula is C14H22N2O3S. The Hall–Kier alpha value is -1.11. The SMILES string of the molecule is Cc1cc(N)cc(C)c1S(=O)(=O)N[C@@H]1CCCC[C@H]1O. The topological polar surface area (TPSA) is 92.4 Å². The van der Waals surface area contributed by atoms with Gasteiger partial charge < -0.3 is 10.8 Å². The van der Waals surface area contributed by atoms with Crippen molar-refractivity contribution in [1.29, 1.82) is 0 Å². The molecule has 0 saturated heterocycles. The third kappa shape index (κ3) is 3.13. The summed E-state index contributed by atoms with van der Waals surface area (Å²) in [4.78, 5) is 0.268. The Balaban J connectivity index is 2.31. The normalized spacial score (nSPS) is 23.8. The number of nitrogens with one attached hydrogen (secondary N) is 1. The fourth-order valence-electron chi connectivity index (χ4n) is 2.91. The Labute approximate surface area is 120 Å². The highest BCUT2D eigenvalue weighted by atomic mass is 32.2. The Bertz CT molecular complexity index is 575. The molecule has 0 bridgehead atoms. The summed E-state index contributed by atoms with van der Waals surface area (Å²) in [7, 11) is -3.64. The molecule has 1 aromatic rings. The molecule has 1 aliphatic rings. The van der Waals surface area contributed by atoms with Crippen molar-refractivity contribution in [2.24, 2.45) is 0 Å². The van der Waals surface area contributed by atoms with E-state index in [1.165, 1.54) is 0 Å². The minimum absolute atomic E-state index is 0.268. The maximum Gasteiger partial charge on any atom is 0.241 e. The Morgan fingerprint density at radius 1 is 1.20 bits per heavy atom. The fraction of sp³-hybridized carbons (Fsp3) is 0.571. The minimum Gasteiger partial charge on any atom is -0.399 e. The van der Waals surface area contributed by atoms with Crippen LogP contribution in [-0.2, 0) is 10.0 Å². The molecule has 2 rings (SSSR count). The third-order valence-corrected chi connectivity index (χ3v) is 5.58. The van der Waals surface area contributed by atoms with Crippen LogP contribution in [0.1, 0.15) is 36.8 Å². The van der Waals surface area contributed by atoms with Crippen molar-refractivity contribution in [3.63, 3.8) is 0 Å². The number of hydrogen-bond donors (Lipinski definition) is 3. The predicted octanol–water partition coefficient (Wildman–Crippen LogP) is 1.47. The predicted molar refractivity (Wildman–Crippen MR) is 78.9 cm³/mol. The van der Waals surface area contributed by atoms with E-state index in [-0.39, 0.29) is 4.90 Å². The highest BCUT2D eigenvalue weighted by molar-refractivity contribution is 7.89. The zero-order chi connectivity index (χ0) is 14.9. The lowest BCUT2D eigenvalue weighted by molar-refractivity contribution is 0.101. The molecule has 0 radical (unpaired) electrons. The van der Waals surface area contributed by atoms with E-state index in [4.69, 9.17) is 5.73 Å². The van der Waals surface area contributed by atoms with E-state index in [1.54, 1.807) is 26.0 Å². The van der Waals surface area contributed by atoms with E-state index in [9.17, 15) is 13.5 Å². The maximum atomic E-state index is 12.5. The van der Waals surface area contributed by atoms with Gasteiger partial charge in [0, 0.05) is 11.7 Å². The molecule has 5 nitrogen and oxygen atoms in total. The Morgan fingerprint density at radius 2 is 1.75 bits per heavy atom. The largest absolute Gasteiger partial charge is 0.399 e. The molecule has 20 heavy (non-hydrogen) atoms. The van der Waals surface area contributed by atoms with Gasteiger partial charge in [0.25, 0.3) is 0 Å². The summed E-state index contributed by atoms with van der Waals surface area (Å²) in [6.45, 7) is 3.46. The lowest BCUT2D eigenvalue weighted by atomic mass is 9.93. The second kappa shape index (κ2) is 5.71. The van der Waals surface area contributed by atoms with E-state index in [2.05, 4.69) is 4.72 Å². The van der Waals surface area contributed by atoms with Crippen molar-refractivity contribution < 1.29 is 13.5 Å². The lowest BCUT2D eigenvalue weighted by Gasteiger charge is -2.28. The van der Waals surface area contributed by atoms with Crippen LogP contribution in [-0.4, -0.2) is 25.7 Å². The highest BCUT2D eigenvalue weighted by Gasteiger charge is 2.29. The molecule has 6 heteroatoms. The molecule has 4 N–H and O–H groups in total. The first-order valence-corrected chi connectivity index (χ1v) is 8.36. The fourth-order valence-corrected chi connectivity index (χ4v) is 4.67. The molecule has 0 aromatic heterocycles. The average molecular weight is 298 g/mol. The molecule has 1 aromatic carbocycles. The van der Waals surface area contributed by atoms with Gasteiger partial charge in [-0.3, -0.25) is 0 Å². The standard InChI is InChI=1S/C14H22N2O3S/c1-9-7-11(15)8-10(2)14(9)20(18,19)16-12-5-3-4-6-13(12)17/h7-8,12-13,16-17H,3-6,15H2,1-2H3/t12-,13-/m1/s1. The zero-order valence-electron chi connectivity index (χ0n) is 11.9. The van der Waals surface area contributed by atoms with Gasteiger partial charge in [0.2, 0.25) is 10.0 Å². The van der Waals surface area contributed by atoms with E-state index < -0.39 is 22.2 Å². The number of hydrogen-bond acceptors (Lipinski definition) is 4. The van der Waals surface area contributed by atoms with Crippen LogP contribution in [0.25, 0.3) is 0 Å². The molecule has 1 saturated carbocycles. The summed E-state index contributed by atoms with van der Waals surface area (Å²) in [5.74, 6) is 0. The van der Waals surface area contributed by atoms with E-state index >= 15 is 0 Å². The first-order valence-electron chi connectivity index (χ1n) is 6.88. The number of rotatable bonds is 3. The van der Waals surface area contributed by atoms with Crippen molar-refractivity contribution in [1.82, 2.24) is 4.72 Å². The summed E-state index contributed by atoms with van der Waals surface area (Å²) >= 11 is 0. The van der Waals surface area contributed by atoms with Crippen LogP contribution < -0.4 is 10.5 Å². The van der Waals surface area contributed by atoms with Crippen molar-refractivity contribution in [2.75, 3.05) is 5.73 Å². The van der Waals surface area contributed by atoms with Crippen LogP contribution in [0.5, 0.6) is 0 Å². The van der Waals surface area contributed by atoms with Gasteiger partial charge in [-0.25, -0.2) is 13.1 Å². The van der Waals surface area contributed by atoms with Gasteiger partial charge in [-0.05, 0) is 49.9 Å². The number of nitrogens with two attached hydrogens (primary N) is 1. The summed E-state index contributed by atoms with van der Waals surface area (Å²) in [6.07, 6.45) is 2.59. The van der Waals surface area contributed by atoms with E-state index in [1.807, 2.05) is 0 Å². The second-order valence-corrected chi connectivity index (χ2v) is 7.21. The Kier molecular flexibility index (Phi) is 4.36. The monoisotopic (exact) mass is 298 g/mol. The number of nitrogen functional groups attached to an aromatic ring is 1. The van der Waals surface area contributed by atoms with Crippen LogP contribution in [0.4, 0.5) is 5.69 Å². The van der Waals surface area contributed by atoms with Crippen LogP contribution in [0.2, 0.25) is 0 Å². The number of aliphatic hydroxyl groups is 1. The number of aryl methyl sites for hydroxylation is 2. The maximum absolute atomic E-state index is 12.5. The molecular weight excluding hydrogens is 276 g/mol. The molecule has 2 atom stereocenters. The van der Waals surface area contributed by atoms with Gasteiger partial charge in [0.1, 0.15) is 0 Å². The van der Waals surface area contributed by atoms with Gasteiger partial charge in [-0.2, -0.15) is 0 Å². The van der Waals surface area contributed by atoms with Crippen molar-refractivity contribution in [3.8, 4) is 0 Å². The molecule has 0 aliphatic heterocycles. The van der Waals surface area contributed by atoms with Crippen molar-refractivity contribution in [2.45, 2.75) is 56.6 Å². The summed E-state index contributed by atoms with van der Waals surface area (Å²) < 4.78 is 27.7. The second-order valence-electron chi connectivity index (χ2n) is 5.56. The Morgan fingerprint density at radius 3 is 2.30 bits per heavy atom. The number of sulfonamides is 1. The van der Waals surface area contributed by atoms with Crippen molar-refractivity contribution in [3.05, 3.63) is 23.3 Å². The van der Waals surface area contributed by atoms with Crippen LogP contribution in [0, 0.1) is 13.8 Å². The first-order chi connectivity index (χ1) is 9.31. The minimum atomic E-state index is -3.64. The van der Waals surface area contributed by atoms with Gasteiger partial charge in [0.05, 0.1) is 11.0 Å². The summed E-state index contributed by atoms with van der Waals surface area (Å²) in [5, 5.41) is 9.91. The van der Waals surface area contributed by atoms with E-state index in [0.717, 1.165) is 12.8 Å². The highest BCUT2D eigenvalue weighted by Crippen LogP contribution is 2.25. The molecule has 0 spiro atoms. The molecule has 0 unspecified atom stereocenters. The summed E-state index contributed by atoms with van der Waals surface area (Å²) in [5.41, 5.74) is 7.53. The van der Waals surface area contributed by atoms with E-state index in [0.29, 0.717) is 29.7 Å². The van der Waals surface area contributed by atoms with Crippen LogP contribution in [0.15, 0.2) is 17.0 Å². The summed E-state index contributed by atoms with van der Waals surface area (Å²) in [6, 6.07) is 2.91. The van der Waals surface area contributed by atoms with Crippen LogP contribution >= 0.6 is 0 Å². The third-order valence-electron chi connectivity index (χ3n) is 3.79. The van der Waals surface area contributed by atoms with Crippen molar-refractivity contribution >= 4 is 15.7 Å². The smallest absolute Gasteiger partial charge is 0.241 e. The zero-order valence-corrected chi connectivity index (χ0v) is 12.7. The first kappa shape index (κ1) is 15.3. The molecule has 1 fully saturated rings. The lowest BCUT2D eigenvalue weighted by Crippen LogP contribution is -2.45. The van der Waals surface area contributed by atoms with Gasteiger partial charge >= 0.3 is 0 Å². The van der Waals surface area contributed by atoms with Gasteiger partial charge in [-0.1, -0.05) is 12.8 Å². The average Bonchev–Trinajstić information content (AvgIpc) is 2.30. The van der Waals surface area contributed by atoms with Crippen LogP contribution in [0.3, 0.4) is 0 Å². The number of benzene rings is 1. The molecule has 1 aliphatic carbocycles.